The van der Waals surface area contributed by atoms with Crippen molar-refractivity contribution in [3.8, 4) is 11.8 Å². The van der Waals surface area contributed by atoms with Crippen LogP contribution in [-0.2, 0) is 6.54 Å². The number of anilines is 1. The van der Waals surface area contributed by atoms with Crippen LogP contribution in [0.4, 0.5) is 10.1 Å². The average Bonchev–Trinajstić information content (AvgIpc) is 2.62. The Morgan fingerprint density at radius 3 is 2.84 bits per heavy atom. The van der Waals surface area contributed by atoms with Gasteiger partial charge < -0.3 is 9.64 Å². The molecule has 0 aromatic heterocycles. The van der Waals surface area contributed by atoms with Crippen LogP contribution in [0.15, 0.2) is 42.5 Å². The smallest absolute Gasteiger partial charge is 0.143 e. The second-order valence-electron chi connectivity index (χ2n) is 6.36. The molecule has 0 amide bonds. The van der Waals surface area contributed by atoms with E-state index in [0.29, 0.717) is 24.2 Å². The minimum absolute atomic E-state index is 0.0290. The molecular formula is C20H22FN3O. The Morgan fingerprint density at radius 1 is 1.32 bits per heavy atom. The van der Waals surface area contributed by atoms with Crippen LogP contribution >= 0.6 is 0 Å². The van der Waals surface area contributed by atoms with Gasteiger partial charge in [0.2, 0.25) is 0 Å². The zero-order valence-electron chi connectivity index (χ0n) is 14.6. The molecule has 1 heterocycles. The molecule has 0 radical (unpaired) electrons. The highest BCUT2D eigenvalue weighted by Gasteiger charge is 2.25. The lowest BCUT2D eigenvalue weighted by atomic mass is 10.1. The average molecular weight is 339 g/mol. The van der Waals surface area contributed by atoms with Crippen molar-refractivity contribution in [2.45, 2.75) is 19.6 Å². The maximum Gasteiger partial charge on any atom is 0.143 e. The lowest BCUT2D eigenvalue weighted by Gasteiger charge is -2.37. The van der Waals surface area contributed by atoms with Crippen LogP contribution in [0.2, 0.25) is 0 Å². The summed E-state index contributed by atoms with van der Waals surface area (Å²) in [6, 6.07) is 14.6. The zero-order valence-corrected chi connectivity index (χ0v) is 14.6. The summed E-state index contributed by atoms with van der Waals surface area (Å²) in [6.07, 6.45) is 0.0290. The molecular weight excluding hydrogens is 317 g/mol. The van der Waals surface area contributed by atoms with Gasteiger partial charge in [-0.2, -0.15) is 5.26 Å². The summed E-state index contributed by atoms with van der Waals surface area (Å²) in [5.41, 5.74) is 2.06. The molecule has 0 N–H and O–H groups in total. The summed E-state index contributed by atoms with van der Waals surface area (Å²) < 4.78 is 20.2. The maximum absolute atomic E-state index is 14.1. The SMILES string of the molecule is CCN1C[C@H](CN(C)Cc2ccc(C#N)cc2F)Oc2ccccc21. The van der Waals surface area contributed by atoms with Crippen molar-refractivity contribution in [3.63, 3.8) is 0 Å². The summed E-state index contributed by atoms with van der Waals surface area (Å²) in [4.78, 5) is 4.36. The first kappa shape index (κ1) is 17.2. The third-order valence-electron chi connectivity index (χ3n) is 4.44. The minimum atomic E-state index is -0.337. The van der Waals surface area contributed by atoms with E-state index < -0.39 is 0 Å². The number of hydrogen-bond acceptors (Lipinski definition) is 4. The van der Waals surface area contributed by atoms with E-state index in [0.717, 1.165) is 24.5 Å². The van der Waals surface area contributed by atoms with E-state index in [1.54, 1.807) is 12.1 Å². The molecule has 3 rings (SSSR count). The Kier molecular flexibility index (Phi) is 5.20. The van der Waals surface area contributed by atoms with Gasteiger partial charge in [-0.25, -0.2) is 4.39 Å². The number of benzene rings is 2. The number of nitriles is 1. The van der Waals surface area contributed by atoms with Crippen molar-refractivity contribution in [2.75, 3.05) is 31.6 Å². The number of halogens is 1. The normalized spacial score (nSPS) is 16.3. The first-order chi connectivity index (χ1) is 12.1. The van der Waals surface area contributed by atoms with Gasteiger partial charge in [0.25, 0.3) is 0 Å². The van der Waals surface area contributed by atoms with E-state index in [9.17, 15) is 4.39 Å². The summed E-state index contributed by atoms with van der Waals surface area (Å²) in [5.74, 6) is 0.564. The van der Waals surface area contributed by atoms with Crippen molar-refractivity contribution in [3.05, 3.63) is 59.4 Å². The lowest BCUT2D eigenvalue weighted by Crippen LogP contribution is -2.45. The quantitative estimate of drug-likeness (QED) is 0.837. The number of likely N-dealkylation sites (N-methyl/N-ethyl adjacent to an activating group) is 2. The molecule has 0 unspecified atom stereocenters. The summed E-state index contributed by atoms with van der Waals surface area (Å²) >= 11 is 0. The third kappa shape index (κ3) is 3.92. The summed E-state index contributed by atoms with van der Waals surface area (Å²) in [5, 5.41) is 8.83. The Morgan fingerprint density at radius 2 is 2.12 bits per heavy atom. The first-order valence-electron chi connectivity index (χ1n) is 8.48. The second-order valence-corrected chi connectivity index (χ2v) is 6.36. The van der Waals surface area contributed by atoms with Gasteiger partial charge in [-0.15, -0.1) is 0 Å². The largest absolute Gasteiger partial charge is 0.485 e. The van der Waals surface area contributed by atoms with Gasteiger partial charge in [0, 0.05) is 25.2 Å². The maximum atomic E-state index is 14.1. The highest BCUT2D eigenvalue weighted by molar-refractivity contribution is 5.60. The number of para-hydroxylation sites is 2. The van der Waals surface area contributed by atoms with Gasteiger partial charge in [-0.1, -0.05) is 18.2 Å². The molecule has 0 aliphatic carbocycles. The predicted octanol–water partition coefficient (Wildman–Crippen LogP) is 3.42. The molecule has 0 spiro atoms. The van der Waals surface area contributed by atoms with Crippen LogP contribution in [0.3, 0.4) is 0 Å². The topological polar surface area (TPSA) is 39.5 Å². The van der Waals surface area contributed by atoms with Crippen molar-refractivity contribution in [1.29, 1.82) is 5.26 Å². The Bertz CT molecular complexity index is 787. The molecule has 0 saturated heterocycles. The highest BCUT2D eigenvalue weighted by Crippen LogP contribution is 2.32. The number of hydrogen-bond donors (Lipinski definition) is 0. The molecule has 130 valence electrons. The standard InChI is InChI=1S/C20H22FN3O/c1-3-24-14-17(25-20-7-5-4-6-19(20)24)13-23(2)12-16-9-8-15(11-22)10-18(16)21/h4-10,17H,3,12-14H2,1-2H3/t17-/m0/s1. The molecule has 1 atom stereocenters. The van der Waals surface area contributed by atoms with Gasteiger partial charge >= 0.3 is 0 Å². The number of nitrogens with zero attached hydrogens (tertiary/aromatic N) is 3. The van der Waals surface area contributed by atoms with Crippen molar-refractivity contribution in [2.24, 2.45) is 0 Å². The molecule has 0 bridgehead atoms. The second kappa shape index (κ2) is 7.54. The molecule has 5 heteroatoms. The van der Waals surface area contributed by atoms with Crippen LogP contribution in [0.1, 0.15) is 18.1 Å². The van der Waals surface area contributed by atoms with Crippen LogP contribution in [-0.4, -0.2) is 37.7 Å². The van der Waals surface area contributed by atoms with Gasteiger partial charge in [-0.3, -0.25) is 4.90 Å². The number of fused-ring (bicyclic) bond motifs is 1. The van der Waals surface area contributed by atoms with E-state index in [1.807, 2.05) is 31.3 Å². The van der Waals surface area contributed by atoms with E-state index >= 15 is 0 Å². The molecule has 2 aromatic carbocycles. The zero-order chi connectivity index (χ0) is 17.8. The molecule has 25 heavy (non-hydrogen) atoms. The van der Waals surface area contributed by atoms with Crippen molar-refractivity contribution < 1.29 is 9.13 Å². The molecule has 1 aliphatic rings. The van der Waals surface area contributed by atoms with E-state index in [2.05, 4.69) is 22.8 Å². The summed E-state index contributed by atoms with van der Waals surface area (Å²) in [7, 11) is 1.96. The molecule has 1 aliphatic heterocycles. The fourth-order valence-electron chi connectivity index (χ4n) is 3.22. The third-order valence-corrected chi connectivity index (χ3v) is 4.44. The molecule has 0 saturated carbocycles. The first-order valence-corrected chi connectivity index (χ1v) is 8.48. The molecule has 4 nitrogen and oxygen atoms in total. The number of ether oxygens (including phenoxy) is 1. The van der Waals surface area contributed by atoms with Crippen molar-refractivity contribution >= 4 is 5.69 Å². The molecule has 0 fully saturated rings. The monoisotopic (exact) mass is 339 g/mol. The van der Waals surface area contributed by atoms with Gasteiger partial charge in [0.1, 0.15) is 17.7 Å². The van der Waals surface area contributed by atoms with E-state index in [-0.39, 0.29) is 11.9 Å². The Balaban J connectivity index is 1.66. The van der Waals surface area contributed by atoms with E-state index in [4.69, 9.17) is 10.00 Å². The van der Waals surface area contributed by atoms with Crippen LogP contribution in [0.25, 0.3) is 0 Å². The van der Waals surface area contributed by atoms with Crippen LogP contribution in [0, 0.1) is 17.1 Å². The van der Waals surface area contributed by atoms with Crippen molar-refractivity contribution in [1.82, 2.24) is 4.90 Å². The predicted molar refractivity (Wildman–Crippen MR) is 96.2 cm³/mol. The Labute approximate surface area is 148 Å². The van der Waals surface area contributed by atoms with Crippen LogP contribution in [0.5, 0.6) is 5.75 Å². The van der Waals surface area contributed by atoms with Crippen LogP contribution < -0.4 is 9.64 Å². The fourth-order valence-corrected chi connectivity index (χ4v) is 3.22. The summed E-state index contributed by atoms with van der Waals surface area (Å²) in [6.45, 7) is 5.04. The van der Waals surface area contributed by atoms with Gasteiger partial charge in [-0.05, 0) is 38.2 Å². The Hall–Kier alpha value is -2.58. The van der Waals surface area contributed by atoms with Gasteiger partial charge in [0.15, 0.2) is 0 Å². The minimum Gasteiger partial charge on any atom is -0.485 e. The lowest BCUT2D eigenvalue weighted by molar-refractivity contribution is 0.139. The number of rotatable bonds is 5. The fraction of sp³-hybridized carbons (Fsp3) is 0.350. The molecule has 2 aromatic rings. The highest BCUT2D eigenvalue weighted by atomic mass is 19.1. The van der Waals surface area contributed by atoms with Gasteiger partial charge in [0.05, 0.1) is 23.9 Å². The van der Waals surface area contributed by atoms with E-state index in [1.165, 1.54) is 6.07 Å².